The summed E-state index contributed by atoms with van der Waals surface area (Å²) in [5, 5.41) is 4.11. The first-order chi connectivity index (χ1) is 11.6. The van der Waals surface area contributed by atoms with Crippen molar-refractivity contribution in [1.29, 1.82) is 0 Å². The van der Waals surface area contributed by atoms with Crippen LogP contribution in [0.3, 0.4) is 0 Å². The zero-order valence-electron chi connectivity index (χ0n) is 13.4. The molecule has 0 aliphatic carbocycles. The fraction of sp³-hybridized carbons (Fsp3) is 0.353. The van der Waals surface area contributed by atoms with Gasteiger partial charge in [-0.25, -0.2) is 4.79 Å². The fourth-order valence-corrected chi connectivity index (χ4v) is 2.93. The molecule has 0 saturated carbocycles. The molecule has 0 spiro atoms. The minimum atomic E-state index is -0.811. The van der Waals surface area contributed by atoms with Gasteiger partial charge in [0.05, 0.1) is 7.11 Å². The number of nitrogens with one attached hydrogen (secondary N) is 2. The van der Waals surface area contributed by atoms with Gasteiger partial charge in [-0.05, 0) is 37.5 Å². The molecule has 0 radical (unpaired) electrons. The first-order valence-corrected chi connectivity index (χ1v) is 7.90. The molecule has 3 rings (SSSR count). The van der Waals surface area contributed by atoms with Crippen molar-refractivity contribution < 1.29 is 19.1 Å². The molecule has 7 heteroatoms. The second kappa shape index (κ2) is 6.74. The molecule has 0 atom stereocenters. The molecule has 2 fully saturated rings. The van der Waals surface area contributed by atoms with Gasteiger partial charge in [0.1, 0.15) is 11.3 Å². The molecule has 0 unspecified atom stereocenters. The van der Waals surface area contributed by atoms with Crippen molar-refractivity contribution in [3.05, 3.63) is 29.3 Å². The van der Waals surface area contributed by atoms with Crippen molar-refractivity contribution in [1.82, 2.24) is 10.6 Å². The van der Waals surface area contributed by atoms with Crippen molar-refractivity contribution >= 4 is 29.6 Å². The lowest BCUT2D eigenvalue weighted by molar-refractivity contribution is -0.123. The molecule has 24 heavy (non-hydrogen) atoms. The van der Waals surface area contributed by atoms with Crippen LogP contribution in [0.1, 0.15) is 24.8 Å². The van der Waals surface area contributed by atoms with Gasteiger partial charge in [-0.1, -0.05) is 0 Å². The van der Waals surface area contributed by atoms with Crippen LogP contribution in [0.15, 0.2) is 23.8 Å². The Morgan fingerprint density at radius 2 is 1.71 bits per heavy atom. The number of amides is 4. The molecule has 2 heterocycles. The largest absolute Gasteiger partial charge is 0.496 e. The van der Waals surface area contributed by atoms with Crippen LogP contribution in [0.5, 0.6) is 5.75 Å². The van der Waals surface area contributed by atoms with E-state index < -0.39 is 17.8 Å². The Morgan fingerprint density at radius 3 is 2.33 bits per heavy atom. The molecule has 4 amide bonds. The number of rotatable bonds is 3. The van der Waals surface area contributed by atoms with Crippen LogP contribution < -0.4 is 20.3 Å². The highest BCUT2D eigenvalue weighted by Gasteiger charge is 2.28. The SMILES string of the molecule is COc1cc(N2CCCCC2)ccc1C=C1C(=O)NC(=O)NC1=O. The quantitative estimate of drug-likeness (QED) is 0.647. The van der Waals surface area contributed by atoms with Crippen molar-refractivity contribution in [3.8, 4) is 5.75 Å². The van der Waals surface area contributed by atoms with Crippen molar-refractivity contribution in [2.45, 2.75) is 19.3 Å². The summed E-state index contributed by atoms with van der Waals surface area (Å²) < 4.78 is 5.41. The Bertz CT molecular complexity index is 699. The van der Waals surface area contributed by atoms with E-state index in [1.807, 2.05) is 18.2 Å². The second-order valence-corrected chi connectivity index (χ2v) is 5.77. The summed E-state index contributed by atoms with van der Waals surface area (Å²) in [4.78, 5) is 37.0. The Labute approximate surface area is 139 Å². The normalized spacial score (nSPS) is 18.1. The van der Waals surface area contributed by atoms with E-state index in [9.17, 15) is 14.4 Å². The smallest absolute Gasteiger partial charge is 0.328 e. The van der Waals surface area contributed by atoms with E-state index in [2.05, 4.69) is 15.5 Å². The van der Waals surface area contributed by atoms with E-state index in [-0.39, 0.29) is 5.57 Å². The van der Waals surface area contributed by atoms with Crippen LogP contribution in [0.2, 0.25) is 0 Å². The van der Waals surface area contributed by atoms with Crippen LogP contribution in [-0.4, -0.2) is 38.0 Å². The summed E-state index contributed by atoms with van der Waals surface area (Å²) in [5.41, 5.74) is 1.54. The van der Waals surface area contributed by atoms with Gasteiger partial charge in [-0.3, -0.25) is 20.2 Å². The van der Waals surface area contributed by atoms with Gasteiger partial charge in [0.25, 0.3) is 11.8 Å². The first-order valence-electron chi connectivity index (χ1n) is 7.90. The van der Waals surface area contributed by atoms with E-state index in [4.69, 9.17) is 4.74 Å². The monoisotopic (exact) mass is 329 g/mol. The summed E-state index contributed by atoms with van der Waals surface area (Å²) in [5.74, 6) is -0.861. The number of anilines is 1. The maximum Gasteiger partial charge on any atom is 0.328 e. The maximum atomic E-state index is 11.8. The first kappa shape index (κ1) is 16.0. The predicted molar refractivity (Wildman–Crippen MR) is 88.7 cm³/mol. The topological polar surface area (TPSA) is 87.7 Å². The third-order valence-corrected chi connectivity index (χ3v) is 4.18. The lowest BCUT2D eigenvalue weighted by Gasteiger charge is -2.29. The third kappa shape index (κ3) is 3.24. The number of nitrogens with zero attached hydrogens (tertiary/aromatic N) is 1. The van der Waals surface area contributed by atoms with E-state index in [1.54, 1.807) is 7.11 Å². The number of urea groups is 1. The number of carbonyl (C=O) groups excluding carboxylic acids is 3. The van der Waals surface area contributed by atoms with E-state index in [0.29, 0.717) is 11.3 Å². The molecule has 126 valence electrons. The van der Waals surface area contributed by atoms with Crippen LogP contribution >= 0.6 is 0 Å². The van der Waals surface area contributed by atoms with Gasteiger partial charge in [-0.2, -0.15) is 0 Å². The molecule has 2 aliphatic rings. The van der Waals surface area contributed by atoms with Gasteiger partial charge in [0.15, 0.2) is 0 Å². The highest BCUT2D eigenvalue weighted by molar-refractivity contribution is 6.31. The predicted octanol–water partition coefficient (Wildman–Crippen LogP) is 1.43. The van der Waals surface area contributed by atoms with Gasteiger partial charge in [0, 0.05) is 30.4 Å². The molecular weight excluding hydrogens is 310 g/mol. The Kier molecular flexibility index (Phi) is 4.50. The minimum Gasteiger partial charge on any atom is -0.496 e. The second-order valence-electron chi connectivity index (χ2n) is 5.77. The van der Waals surface area contributed by atoms with Gasteiger partial charge in [0.2, 0.25) is 0 Å². The number of ether oxygens (including phenoxy) is 1. The summed E-state index contributed by atoms with van der Waals surface area (Å²) in [6, 6.07) is 4.85. The molecule has 2 N–H and O–H groups in total. The van der Waals surface area contributed by atoms with Crippen molar-refractivity contribution in [2.75, 3.05) is 25.1 Å². The van der Waals surface area contributed by atoms with Crippen LogP contribution in [-0.2, 0) is 9.59 Å². The molecular formula is C17H19N3O4. The number of hydrogen-bond acceptors (Lipinski definition) is 5. The molecule has 0 aromatic heterocycles. The summed E-state index contributed by atoms with van der Waals surface area (Å²) >= 11 is 0. The molecule has 1 aromatic carbocycles. The molecule has 2 aliphatic heterocycles. The number of imide groups is 2. The zero-order chi connectivity index (χ0) is 17.1. The standard InChI is InChI=1S/C17H19N3O4/c1-24-14-10-12(20-7-3-2-4-8-20)6-5-11(14)9-13-15(21)18-17(23)19-16(13)22/h5-6,9-10H,2-4,7-8H2,1H3,(H2,18,19,21,22,23). The van der Waals surface area contributed by atoms with Gasteiger partial charge < -0.3 is 9.64 Å². The minimum absolute atomic E-state index is 0.126. The zero-order valence-corrected chi connectivity index (χ0v) is 13.4. The lowest BCUT2D eigenvalue weighted by Crippen LogP contribution is -2.51. The Morgan fingerprint density at radius 1 is 1.04 bits per heavy atom. The Balaban J connectivity index is 1.90. The number of carbonyl (C=O) groups is 3. The molecule has 0 bridgehead atoms. The fourth-order valence-electron chi connectivity index (χ4n) is 2.93. The average Bonchev–Trinajstić information content (AvgIpc) is 2.59. The number of hydrogen-bond donors (Lipinski definition) is 2. The number of barbiturate groups is 1. The summed E-state index contributed by atoms with van der Waals surface area (Å²) in [6.45, 7) is 2.02. The van der Waals surface area contributed by atoms with Gasteiger partial charge >= 0.3 is 6.03 Å². The highest BCUT2D eigenvalue weighted by Crippen LogP contribution is 2.29. The third-order valence-electron chi connectivity index (χ3n) is 4.18. The number of methoxy groups -OCH3 is 1. The van der Waals surface area contributed by atoms with E-state index in [1.165, 1.54) is 25.3 Å². The summed E-state index contributed by atoms with van der Waals surface area (Å²) in [7, 11) is 1.54. The molecule has 1 aromatic rings. The molecule has 2 saturated heterocycles. The van der Waals surface area contributed by atoms with Crippen LogP contribution in [0, 0.1) is 0 Å². The maximum absolute atomic E-state index is 11.8. The van der Waals surface area contributed by atoms with Crippen molar-refractivity contribution in [3.63, 3.8) is 0 Å². The molecule has 7 nitrogen and oxygen atoms in total. The summed E-state index contributed by atoms with van der Waals surface area (Å²) in [6.07, 6.45) is 5.02. The van der Waals surface area contributed by atoms with Gasteiger partial charge in [-0.15, -0.1) is 0 Å². The average molecular weight is 329 g/mol. The van der Waals surface area contributed by atoms with Crippen LogP contribution in [0.25, 0.3) is 6.08 Å². The lowest BCUT2D eigenvalue weighted by atomic mass is 10.1. The Hall–Kier alpha value is -2.83. The number of benzene rings is 1. The van der Waals surface area contributed by atoms with E-state index in [0.717, 1.165) is 18.8 Å². The van der Waals surface area contributed by atoms with Crippen LogP contribution in [0.4, 0.5) is 10.5 Å². The van der Waals surface area contributed by atoms with E-state index >= 15 is 0 Å². The van der Waals surface area contributed by atoms with Crippen molar-refractivity contribution in [2.24, 2.45) is 0 Å². The highest BCUT2D eigenvalue weighted by atomic mass is 16.5. The number of piperidine rings is 1.